The molecule has 8 heteroatoms. The number of quaternary nitrogens is 1. The summed E-state index contributed by atoms with van der Waals surface area (Å²) < 4.78 is 29.6. The van der Waals surface area contributed by atoms with Gasteiger partial charge in [-0.25, -0.2) is 8.42 Å². The first-order valence-corrected chi connectivity index (χ1v) is 12.4. The van der Waals surface area contributed by atoms with E-state index in [1.54, 1.807) is 10.4 Å². The lowest BCUT2D eigenvalue weighted by Gasteiger charge is -2.31. The predicted molar refractivity (Wildman–Crippen MR) is 111 cm³/mol. The molecule has 0 spiro atoms. The third kappa shape index (κ3) is 3.96. The molecule has 2 aliphatic rings. The molecule has 1 aromatic heterocycles. The number of benzene rings is 1. The Hall–Kier alpha value is -1.48. The minimum atomic E-state index is -3.42. The van der Waals surface area contributed by atoms with E-state index in [0.717, 1.165) is 44.6 Å². The Labute approximate surface area is 170 Å². The maximum absolute atomic E-state index is 13.1. The molecule has 0 amide bonds. The number of piperazine rings is 1. The van der Waals surface area contributed by atoms with Gasteiger partial charge in [0.05, 0.1) is 44.2 Å². The van der Waals surface area contributed by atoms with Crippen LogP contribution in [0.4, 0.5) is 0 Å². The highest BCUT2D eigenvalue weighted by atomic mass is 32.2. The largest absolute Gasteiger partial charge is 0.331 e. The summed E-state index contributed by atoms with van der Waals surface area (Å²) in [5, 5.41) is 1.89. The third-order valence-electron chi connectivity index (χ3n) is 6.05. The van der Waals surface area contributed by atoms with Crippen LogP contribution in [0.15, 0.2) is 33.3 Å². The Morgan fingerprint density at radius 2 is 1.82 bits per heavy atom. The average molecular weight is 423 g/mol. The molecule has 0 bridgehead atoms. The normalized spacial score (nSPS) is 18.9. The van der Waals surface area contributed by atoms with Crippen LogP contribution >= 0.6 is 11.3 Å². The molecule has 0 atom stereocenters. The number of hydrogen-bond donors (Lipinski definition) is 1. The highest BCUT2D eigenvalue weighted by molar-refractivity contribution is 7.89. The smallest absolute Gasteiger partial charge is 0.307 e. The molecule has 1 aliphatic carbocycles. The van der Waals surface area contributed by atoms with Gasteiger partial charge in [-0.15, -0.1) is 0 Å². The second-order valence-electron chi connectivity index (χ2n) is 7.84. The van der Waals surface area contributed by atoms with Crippen LogP contribution in [0.1, 0.15) is 29.7 Å². The number of fused-ring (bicyclic) bond motifs is 1. The van der Waals surface area contributed by atoms with Gasteiger partial charge in [-0.05, 0) is 55.9 Å². The van der Waals surface area contributed by atoms with Crippen LogP contribution in [-0.2, 0) is 29.4 Å². The molecule has 152 valence electrons. The molecule has 4 rings (SSSR count). The molecule has 2 heterocycles. The van der Waals surface area contributed by atoms with Gasteiger partial charge in [0.15, 0.2) is 0 Å². The number of nitrogens with zero attached hydrogens (tertiary/aromatic N) is 2. The van der Waals surface area contributed by atoms with Crippen LogP contribution in [0, 0.1) is 6.92 Å². The highest BCUT2D eigenvalue weighted by Crippen LogP contribution is 2.25. The fourth-order valence-electron chi connectivity index (χ4n) is 4.26. The number of hydrogen-bond acceptors (Lipinski definition) is 4. The molecule has 0 saturated carbocycles. The van der Waals surface area contributed by atoms with Crippen LogP contribution in [0.5, 0.6) is 0 Å². The number of thiazole rings is 1. The summed E-state index contributed by atoms with van der Waals surface area (Å²) in [7, 11) is -3.42. The Bertz CT molecular complexity index is 1000. The molecule has 0 radical (unpaired) electrons. The molecule has 6 nitrogen and oxygen atoms in total. The van der Waals surface area contributed by atoms with Crippen LogP contribution in [0.2, 0.25) is 0 Å². The Kier molecular flexibility index (Phi) is 5.73. The van der Waals surface area contributed by atoms with Gasteiger partial charge in [0.1, 0.15) is 0 Å². The first kappa shape index (κ1) is 19.8. The van der Waals surface area contributed by atoms with Crippen molar-refractivity contribution in [3.05, 3.63) is 50.1 Å². The number of aromatic nitrogens is 1. The van der Waals surface area contributed by atoms with Gasteiger partial charge >= 0.3 is 4.87 Å². The van der Waals surface area contributed by atoms with Crippen LogP contribution in [-0.4, -0.2) is 50.0 Å². The summed E-state index contributed by atoms with van der Waals surface area (Å²) in [6.07, 6.45) is 4.38. The summed E-state index contributed by atoms with van der Waals surface area (Å²) >= 11 is 1.24. The van der Waals surface area contributed by atoms with Gasteiger partial charge < -0.3 is 4.90 Å². The van der Waals surface area contributed by atoms with Crippen LogP contribution < -0.4 is 9.77 Å². The zero-order valence-electron chi connectivity index (χ0n) is 16.3. The molecular formula is C20H28N3O3S2+. The van der Waals surface area contributed by atoms with E-state index in [2.05, 4.69) is 0 Å². The molecule has 1 N–H and O–H groups in total. The molecule has 1 aromatic carbocycles. The topological polar surface area (TPSA) is 63.8 Å². The van der Waals surface area contributed by atoms with Gasteiger partial charge in [0.25, 0.3) is 0 Å². The van der Waals surface area contributed by atoms with Crippen LogP contribution in [0.25, 0.3) is 0 Å². The van der Waals surface area contributed by atoms with E-state index < -0.39 is 10.0 Å². The summed E-state index contributed by atoms with van der Waals surface area (Å²) in [5.41, 5.74) is 3.51. The average Bonchev–Trinajstić information content (AvgIpc) is 3.04. The first-order chi connectivity index (χ1) is 13.4. The van der Waals surface area contributed by atoms with E-state index in [9.17, 15) is 13.2 Å². The van der Waals surface area contributed by atoms with Crippen molar-refractivity contribution in [1.82, 2.24) is 8.87 Å². The SMILES string of the molecule is Cc1csc(=O)n1CC[NH+]1CCN(S(=O)(=O)c2ccc3c(c2)CCCC3)CC1. The van der Waals surface area contributed by atoms with Crippen molar-refractivity contribution in [1.29, 1.82) is 0 Å². The minimum Gasteiger partial charge on any atom is -0.331 e. The number of nitrogens with one attached hydrogen (secondary N) is 1. The van der Waals surface area contributed by atoms with E-state index in [0.29, 0.717) is 24.5 Å². The Morgan fingerprint density at radius 1 is 1.11 bits per heavy atom. The van der Waals surface area contributed by atoms with Crippen molar-refractivity contribution in [3.8, 4) is 0 Å². The van der Waals surface area contributed by atoms with Gasteiger partial charge in [-0.2, -0.15) is 4.31 Å². The molecule has 28 heavy (non-hydrogen) atoms. The van der Waals surface area contributed by atoms with Crippen LogP contribution in [0.3, 0.4) is 0 Å². The van der Waals surface area contributed by atoms with E-state index in [1.165, 1.54) is 33.8 Å². The van der Waals surface area contributed by atoms with Crippen molar-refractivity contribution in [3.63, 3.8) is 0 Å². The first-order valence-electron chi connectivity index (χ1n) is 10.1. The molecule has 1 saturated heterocycles. The zero-order chi connectivity index (χ0) is 19.7. The maximum atomic E-state index is 13.1. The minimum absolute atomic E-state index is 0.0884. The Balaban J connectivity index is 1.38. The van der Waals surface area contributed by atoms with E-state index >= 15 is 0 Å². The van der Waals surface area contributed by atoms with E-state index in [4.69, 9.17) is 0 Å². The van der Waals surface area contributed by atoms with Crippen molar-refractivity contribution in [2.45, 2.75) is 44.0 Å². The molecule has 1 fully saturated rings. The Morgan fingerprint density at radius 3 is 2.50 bits per heavy atom. The van der Waals surface area contributed by atoms with Crippen molar-refractivity contribution < 1.29 is 13.3 Å². The number of aryl methyl sites for hydroxylation is 3. The molecule has 0 unspecified atom stereocenters. The lowest BCUT2D eigenvalue weighted by molar-refractivity contribution is -0.904. The van der Waals surface area contributed by atoms with Gasteiger partial charge in [0, 0.05) is 11.1 Å². The number of rotatable bonds is 5. The summed E-state index contributed by atoms with van der Waals surface area (Å²) in [5.74, 6) is 0. The van der Waals surface area contributed by atoms with Gasteiger partial charge in [-0.1, -0.05) is 17.4 Å². The fraction of sp³-hybridized carbons (Fsp3) is 0.550. The van der Waals surface area contributed by atoms with E-state index in [1.807, 2.05) is 29.0 Å². The predicted octanol–water partition coefficient (Wildman–Crippen LogP) is 0.686. The summed E-state index contributed by atoms with van der Waals surface area (Å²) in [6, 6.07) is 5.68. The second kappa shape index (κ2) is 8.10. The van der Waals surface area contributed by atoms with Crippen molar-refractivity contribution in [2.75, 3.05) is 32.7 Å². The monoisotopic (exact) mass is 422 g/mol. The van der Waals surface area contributed by atoms with Gasteiger partial charge in [-0.3, -0.25) is 9.36 Å². The molecule has 2 aromatic rings. The lowest BCUT2D eigenvalue weighted by Crippen LogP contribution is -3.15. The molecule has 1 aliphatic heterocycles. The third-order valence-corrected chi connectivity index (χ3v) is 8.83. The van der Waals surface area contributed by atoms with Crippen molar-refractivity contribution >= 4 is 21.4 Å². The lowest BCUT2D eigenvalue weighted by atomic mass is 9.92. The zero-order valence-corrected chi connectivity index (χ0v) is 17.9. The highest BCUT2D eigenvalue weighted by Gasteiger charge is 2.31. The molecular weight excluding hydrogens is 394 g/mol. The van der Waals surface area contributed by atoms with Crippen molar-refractivity contribution in [2.24, 2.45) is 0 Å². The standard InChI is InChI=1S/C20H27N3O3S2/c1-16-15-27-20(24)23(16)13-10-21-8-11-22(12-9-21)28(25,26)19-7-6-17-4-2-3-5-18(17)14-19/h6-7,14-15H,2-5,8-13H2,1H3/p+1. The second-order valence-corrected chi connectivity index (χ2v) is 10.6. The number of sulfonamides is 1. The summed E-state index contributed by atoms with van der Waals surface area (Å²) in [4.78, 5) is 13.7. The van der Waals surface area contributed by atoms with E-state index in [-0.39, 0.29) is 4.87 Å². The quantitative estimate of drug-likeness (QED) is 0.771. The fourth-order valence-corrected chi connectivity index (χ4v) is 6.51. The van der Waals surface area contributed by atoms with Gasteiger partial charge in [0.2, 0.25) is 10.0 Å². The summed E-state index contributed by atoms with van der Waals surface area (Å²) in [6.45, 7) is 6.13. The maximum Gasteiger partial charge on any atom is 0.307 e.